The fraction of sp³-hybridized carbons (Fsp3) is 0.556. The second-order valence-corrected chi connectivity index (χ2v) is 5.61. The van der Waals surface area contributed by atoms with Crippen LogP contribution in [0.5, 0.6) is 5.75 Å². The van der Waals surface area contributed by atoms with Gasteiger partial charge >= 0.3 is 0 Å². The SMILES string of the molecule is C=CCc1cc(C)ccc1OCCCCN1CCOCC1. The van der Waals surface area contributed by atoms with Gasteiger partial charge in [0.2, 0.25) is 0 Å². The van der Waals surface area contributed by atoms with Crippen LogP contribution in [0.1, 0.15) is 24.0 Å². The second kappa shape index (κ2) is 8.85. The Morgan fingerprint density at radius 3 is 2.86 bits per heavy atom. The molecule has 1 aliphatic heterocycles. The van der Waals surface area contributed by atoms with Crippen molar-refractivity contribution < 1.29 is 9.47 Å². The molecule has 1 fully saturated rings. The zero-order valence-corrected chi connectivity index (χ0v) is 13.1. The molecule has 1 saturated heterocycles. The van der Waals surface area contributed by atoms with Crippen LogP contribution in [-0.2, 0) is 11.2 Å². The summed E-state index contributed by atoms with van der Waals surface area (Å²) in [4.78, 5) is 2.47. The molecule has 1 heterocycles. The first-order valence-electron chi connectivity index (χ1n) is 7.93. The van der Waals surface area contributed by atoms with Gasteiger partial charge in [-0.3, -0.25) is 4.90 Å². The van der Waals surface area contributed by atoms with Crippen molar-refractivity contribution in [3.05, 3.63) is 42.0 Å². The summed E-state index contributed by atoms with van der Waals surface area (Å²) in [6.07, 6.45) is 5.08. The number of rotatable bonds is 8. The van der Waals surface area contributed by atoms with Crippen LogP contribution in [0.15, 0.2) is 30.9 Å². The molecule has 0 aliphatic carbocycles. The Bertz CT molecular complexity index is 439. The Morgan fingerprint density at radius 2 is 2.10 bits per heavy atom. The number of allylic oxidation sites excluding steroid dienone is 1. The molecule has 0 amide bonds. The lowest BCUT2D eigenvalue weighted by Crippen LogP contribution is -2.36. The van der Waals surface area contributed by atoms with Crippen molar-refractivity contribution in [1.29, 1.82) is 0 Å². The minimum absolute atomic E-state index is 0.789. The Morgan fingerprint density at radius 1 is 1.29 bits per heavy atom. The quantitative estimate of drug-likeness (QED) is 0.542. The molecular weight excluding hydrogens is 262 g/mol. The van der Waals surface area contributed by atoms with Crippen LogP contribution >= 0.6 is 0 Å². The zero-order chi connectivity index (χ0) is 14.9. The number of ether oxygens (including phenoxy) is 2. The molecule has 3 nitrogen and oxygen atoms in total. The molecule has 116 valence electrons. The summed E-state index contributed by atoms with van der Waals surface area (Å²) >= 11 is 0. The van der Waals surface area contributed by atoms with Gasteiger partial charge in [0, 0.05) is 13.1 Å². The van der Waals surface area contributed by atoms with Gasteiger partial charge in [0.1, 0.15) is 5.75 Å². The lowest BCUT2D eigenvalue weighted by molar-refractivity contribution is 0.0368. The van der Waals surface area contributed by atoms with E-state index in [-0.39, 0.29) is 0 Å². The number of nitrogens with zero attached hydrogens (tertiary/aromatic N) is 1. The Kier molecular flexibility index (Phi) is 6.77. The van der Waals surface area contributed by atoms with Crippen LogP contribution < -0.4 is 4.74 Å². The fourth-order valence-electron chi connectivity index (χ4n) is 2.61. The maximum atomic E-state index is 5.94. The van der Waals surface area contributed by atoms with Crippen molar-refractivity contribution in [3.8, 4) is 5.75 Å². The smallest absolute Gasteiger partial charge is 0.122 e. The Labute approximate surface area is 128 Å². The number of unbranched alkanes of at least 4 members (excludes halogenated alkanes) is 1. The summed E-state index contributed by atoms with van der Waals surface area (Å²) < 4.78 is 11.3. The summed E-state index contributed by atoms with van der Waals surface area (Å²) in [6.45, 7) is 11.8. The molecule has 0 atom stereocenters. The molecule has 0 unspecified atom stereocenters. The summed E-state index contributed by atoms with van der Waals surface area (Å²) in [6, 6.07) is 6.37. The average molecular weight is 289 g/mol. The molecular formula is C18H27NO2. The van der Waals surface area contributed by atoms with Gasteiger partial charge in [-0.1, -0.05) is 23.8 Å². The largest absolute Gasteiger partial charge is 0.493 e. The first kappa shape index (κ1) is 16.1. The van der Waals surface area contributed by atoms with Crippen LogP contribution in [0, 0.1) is 6.92 Å². The van der Waals surface area contributed by atoms with Crippen molar-refractivity contribution in [1.82, 2.24) is 4.90 Å². The van der Waals surface area contributed by atoms with Gasteiger partial charge in [-0.05, 0) is 44.4 Å². The Balaban J connectivity index is 1.69. The molecule has 1 aliphatic rings. The van der Waals surface area contributed by atoms with Crippen LogP contribution in [0.25, 0.3) is 0 Å². The third-order valence-corrected chi connectivity index (χ3v) is 3.81. The number of benzene rings is 1. The molecule has 1 aromatic carbocycles. The molecule has 1 aromatic rings. The highest BCUT2D eigenvalue weighted by molar-refractivity contribution is 5.38. The summed E-state index contributed by atoms with van der Waals surface area (Å²) in [5.41, 5.74) is 2.50. The van der Waals surface area contributed by atoms with Crippen LogP contribution in [0.4, 0.5) is 0 Å². The highest BCUT2D eigenvalue weighted by atomic mass is 16.5. The van der Waals surface area contributed by atoms with E-state index in [0.29, 0.717) is 0 Å². The maximum absolute atomic E-state index is 5.94. The van der Waals surface area contributed by atoms with Crippen LogP contribution in [0.2, 0.25) is 0 Å². The molecule has 0 radical (unpaired) electrons. The lowest BCUT2D eigenvalue weighted by atomic mass is 10.1. The topological polar surface area (TPSA) is 21.7 Å². The van der Waals surface area contributed by atoms with E-state index in [9.17, 15) is 0 Å². The monoisotopic (exact) mass is 289 g/mol. The standard InChI is InChI=1S/C18H27NO2/c1-3-6-17-15-16(2)7-8-18(17)21-12-5-4-9-19-10-13-20-14-11-19/h3,7-8,15H,1,4-6,9-14H2,2H3. The van der Waals surface area contributed by atoms with Gasteiger partial charge in [0.25, 0.3) is 0 Å². The van der Waals surface area contributed by atoms with Gasteiger partial charge in [-0.2, -0.15) is 0 Å². The molecule has 3 heteroatoms. The molecule has 0 N–H and O–H groups in total. The van der Waals surface area contributed by atoms with E-state index in [4.69, 9.17) is 9.47 Å². The van der Waals surface area contributed by atoms with E-state index >= 15 is 0 Å². The Hall–Kier alpha value is -1.32. The molecule has 2 rings (SSSR count). The van der Waals surface area contributed by atoms with E-state index < -0.39 is 0 Å². The minimum atomic E-state index is 0.789. The fourth-order valence-corrected chi connectivity index (χ4v) is 2.61. The van der Waals surface area contributed by atoms with Crippen molar-refractivity contribution >= 4 is 0 Å². The minimum Gasteiger partial charge on any atom is -0.493 e. The molecule has 0 saturated carbocycles. The van der Waals surface area contributed by atoms with Crippen molar-refractivity contribution in [3.63, 3.8) is 0 Å². The molecule has 0 aromatic heterocycles. The van der Waals surface area contributed by atoms with Gasteiger partial charge in [-0.25, -0.2) is 0 Å². The van der Waals surface area contributed by atoms with E-state index in [1.165, 1.54) is 17.5 Å². The van der Waals surface area contributed by atoms with Gasteiger partial charge in [0.05, 0.1) is 19.8 Å². The first-order chi connectivity index (χ1) is 10.3. The number of hydrogen-bond donors (Lipinski definition) is 0. The predicted octanol–water partition coefficient (Wildman–Crippen LogP) is 3.21. The normalized spacial score (nSPS) is 15.9. The summed E-state index contributed by atoms with van der Waals surface area (Å²) in [7, 11) is 0. The zero-order valence-electron chi connectivity index (χ0n) is 13.1. The maximum Gasteiger partial charge on any atom is 0.122 e. The number of morpholine rings is 1. The van der Waals surface area contributed by atoms with Gasteiger partial charge < -0.3 is 9.47 Å². The van der Waals surface area contributed by atoms with Gasteiger partial charge in [-0.15, -0.1) is 6.58 Å². The summed E-state index contributed by atoms with van der Waals surface area (Å²) in [5, 5.41) is 0. The van der Waals surface area contributed by atoms with Crippen molar-refractivity contribution in [2.45, 2.75) is 26.2 Å². The van der Waals surface area contributed by atoms with Crippen molar-refractivity contribution in [2.24, 2.45) is 0 Å². The number of aryl methyl sites for hydroxylation is 1. The molecule has 0 spiro atoms. The lowest BCUT2D eigenvalue weighted by Gasteiger charge is -2.26. The third-order valence-electron chi connectivity index (χ3n) is 3.81. The second-order valence-electron chi connectivity index (χ2n) is 5.61. The van der Waals surface area contributed by atoms with Crippen LogP contribution in [0.3, 0.4) is 0 Å². The number of hydrogen-bond acceptors (Lipinski definition) is 3. The predicted molar refractivity (Wildman–Crippen MR) is 87.1 cm³/mol. The third kappa shape index (κ3) is 5.52. The van der Waals surface area contributed by atoms with E-state index in [1.807, 2.05) is 6.08 Å². The van der Waals surface area contributed by atoms with E-state index in [1.54, 1.807) is 0 Å². The highest BCUT2D eigenvalue weighted by Crippen LogP contribution is 2.21. The van der Waals surface area contributed by atoms with Crippen LogP contribution in [-0.4, -0.2) is 44.4 Å². The van der Waals surface area contributed by atoms with E-state index in [0.717, 1.165) is 58.0 Å². The summed E-state index contributed by atoms with van der Waals surface area (Å²) in [5.74, 6) is 1.01. The average Bonchev–Trinajstić information content (AvgIpc) is 2.50. The van der Waals surface area contributed by atoms with Gasteiger partial charge in [0.15, 0.2) is 0 Å². The van der Waals surface area contributed by atoms with Crippen molar-refractivity contribution in [2.75, 3.05) is 39.5 Å². The molecule has 0 bridgehead atoms. The molecule has 21 heavy (non-hydrogen) atoms. The van der Waals surface area contributed by atoms with E-state index in [2.05, 4.69) is 36.6 Å². The first-order valence-corrected chi connectivity index (χ1v) is 7.93. The highest BCUT2D eigenvalue weighted by Gasteiger charge is 2.09.